The van der Waals surface area contributed by atoms with Gasteiger partial charge >= 0.3 is 0 Å². The maximum absolute atomic E-state index is 10.0. The van der Waals surface area contributed by atoms with Gasteiger partial charge in [0.25, 0.3) is 0 Å². The number of hydrogen-bond donors (Lipinski definition) is 1. The van der Waals surface area contributed by atoms with Crippen LogP contribution in [-0.2, 0) is 30.0 Å². The number of anilines is 1. The SMILES string of the molecule is CO[C@@H]1C[C@@H]([C@H](C)Oc2cc(-c3cnn(C)n3)nc(-c3noc4c3CCC[C@@]43CCCc4sc(N)c(C#N)c43)n2)N(C)C1. The third-order valence-electron chi connectivity index (χ3n) is 9.38. The lowest BCUT2D eigenvalue weighted by atomic mass is 9.63. The highest BCUT2D eigenvalue weighted by atomic mass is 32.1. The van der Waals surface area contributed by atoms with Crippen LogP contribution in [0.3, 0.4) is 0 Å². The Morgan fingerprint density at radius 3 is 2.74 bits per heavy atom. The van der Waals surface area contributed by atoms with E-state index >= 15 is 0 Å². The van der Waals surface area contributed by atoms with Gasteiger partial charge in [0.15, 0.2) is 17.3 Å². The maximum atomic E-state index is 10.0. The molecule has 7 rings (SSSR count). The fourth-order valence-electron chi connectivity index (χ4n) is 7.37. The molecule has 0 bridgehead atoms. The van der Waals surface area contributed by atoms with Crippen molar-refractivity contribution in [1.29, 1.82) is 5.26 Å². The summed E-state index contributed by atoms with van der Waals surface area (Å²) in [6, 6.07) is 4.37. The third kappa shape index (κ3) is 4.59. The van der Waals surface area contributed by atoms with Crippen molar-refractivity contribution in [3.05, 3.63) is 39.6 Å². The molecule has 5 heterocycles. The summed E-state index contributed by atoms with van der Waals surface area (Å²) < 4.78 is 18.3. The fourth-order valence-corrected chi connectivity index (χ4v) is 8.53. The van der Waals surface area contributed by atoms with Gasteiger partial charge in [-0.2, -0.15) is 25.2 Å². The molecule has 0 saturated carbocycles. The molecule has 3 aliphatic rings. The van der Waals surface area contributed by atoms with Gasteiger partial charge in [-0.05, 0) is 64.5 Å². The van der Waals surface area contributed by atoms with Crippen LogP contribution in [0.1, 0.15) is 66.4 Å². The van der Waals surface area contributed by atoms with E-state index in [1.54, 1.807) is 20.4 Å². The van der Waals surface area contributed by atoms with E-state index < -0.39 is 5.41 Å². The average molecular weight is 602 g/mol. The minimum absolute atomic E-state index is 0.147. The first kappa shape index (κ1) is 27.9. The van der Waals surface area contributed by atoms with Crippen molar-refractivity contribution in [1.82, 2.24) is 35.0 Å². The number of rotatable bonds is 6. The van der Waals surface area contributed by atoms with Gasteiger partial charge in [-0.1, -0.05) is 5.16 Å². The summed E-state index contributed by atoms with van der Waals surface area (Å²) in [5, 5.41) is 24.0. The predicted octanol–water partition coefficient (Wildman–Crippen LogP) is 3.89. The molecule has 0 unspecified atom stereocenters. The molecular formula is C30H35N9O3S. The molecule has 13 heteroatoms. The van der Waals surface area contributed by atoms with Crippen LogP contribution >= 0.6 is 11.3 Å². The summed E-state index contributed by atoms with van der Waals surface area (Å²) in [4.78, 5) is 14.7. The Morgan fingerprint density at radius 2 is 2.02 bits per heavy atom. The molecule has 4 atom stereocenters. The van der Waals surface area contributed by atoms with E-state index in [1.807, 2.05) is 6.07 Å². The van der Waals surface area contributed by atoms with Crippen molar-refractivity contribution in [2.45, 2.75) is 75.5 Å². The molecule has 0 aromatic carbocycles. The van der Waals surface area contributed by atoms with Crippen molar-refractivity contribution in [2.75, 3.05) is 26.4 Å². The van der Waals surface area contributed by atoms with Crippen LogP contribution in [-0.4, -0.2) is 74.0 Å². The number of thiophene rings is 1. The van der Waals surface area contributed by atoms with Gasteiger partial charge in [0.2, 0.25) is 5.88 Å². The standard InChI is InChI=1S/C30H35N9O3S/c1-16(22-11-17(40-4)15-38(22)2)41-24-12-20(21-14-33-39(3)36-21)34-29(35-24)26-18-7-5-9-30(27(18)42-37-26)10-6-8-23-25(30)19(13-31)28(32)43-23/h12,14,16-17,22H,5-11,15,32H2,1-4H3/t16-,17+,22-,30-/m0/s1. The molecule has 2 N–H and O–H groups in total. The summed E-state index contributed by atoms with van der Waals surface area (Å²) in [6.45, 7) is 2.91. The monoisotopic (exact) mass is 601 g/mol. The molecule has 43 heavy (non-hydrogen) atoms. The van der Waals surface area contributed by atoms with E-state index in [-0.39, 0.29) is 18.2 Å². The largest absolute Gasteiger partial charge is 0.473 e. The summed E-state index contributed by atoms with van der Waals surface area (Å²) in [5.74, 6) is 1.67. The number of ether oxygens (including phenoxy) is 2. The normalized spacial score (nSPS) is 24.1. The number of likely N-dealkylation sites (N-methyl/N-ethyl adjacent to an activating group) is 1. The second kappa shape index (κ2) is 10.7. The molecule has 1 fully saturated rings. The van der Waals surface area contributed by atoms with Gasteiger partial charge in [0, 0.05) is 43.3 Å². The Labute approximate surface area is 253 Å². The quantitative estimate of drug-likeness (QED) is 0.342. The average Bonchev–Trinajstić information content (AvgIpc) is 3.78. The minimum Gasteiger partial charge on any atom is -0.473 e. The molecule has 1 saturated heterocycles. The van der Waals surface area contributed by atoms with Gasteiger partial charge in [0.1, 0.15) is 28.6 Å². The van der Waals surface area contributed by atoms with Crippen molar-refractivity contribution >= 4 is 16.3 Å². The number of likely N-dealkylation sites (tertiary alicyclic amines) is 1. The van der Waals surface area contributed by atoms with Crippen LogP contribution in [0, 0.1) is 11.3 Å². The number of aromatic nitrogens is 6. The highest BCUT2D eigenvalue weighted by Crippen LogP contribution is 2.55. The number of fused-ring (bicyclic) bond motifs is 4. The Bertz CT molecular complexity index is 1720. The van der Waals surface area contributed by atoms with Crippen LogP contribution in [0.5, 0.6) is 5.88 Å². The van der Waals surface area contributed by atoms with Crippen molar-refractivity contribution in [3.63, 3.8) is 0 Å². The van der Waals surface area contributed by atoms with Crippen molar-refractivity contribution < 1.29 is 14.0 Å². The zero-order valence-corrected chi connectivity index (χ0v) is 25.6. The number of nitrogens with two attached hydrogens (primary N) is 1. The first-order chi connectivity index (χ1) is 20.8. The summed E-state index contributed by atoms with van der Waals surface area (Å²) in [7, 11) is 5.61. The smallest absolute Gasteiger partial charge is 0.217 e. The van der Waals surface area contributed by atoms with E-state index in [0.29, 0.717) is 39.4 Å². The lowest BCUT2D eigenvalue weighted by Gasteiger charge is -2.39. The van der Waals surface area contributed by atoms with Crippen LogP contribution in [0.15, 0.2) is 16.8 Å². The number of methoxy groups -OCH3 is 1. The van der Waals surface area contributed by atoms with Gasteiger partial charge in [-0.3, -0.25) is 4.90 Å². The molecule has 4 aromatic rings. The van der Waals surface area contributed by atoms with E-state index in [0.717, 1.165) is 68.4 Å². The number of nitriles is 1. The summed E-state index contributed by atoms with van der Waals surface area (Å²) >= 11 is 1.53. The Balaban J connectivity index is 1.31. The summed E-state index contributed by atoms with van der Waals surface area (Å²) in [6.07, 6.45) is 7.99. The molecule has 1 spiro atoms. The van der Waals surface area contributed by atoms with E-state index in [4.69, 9.17) is 29.7 Å². The molecule has 12 nitrogen and oxygen atoms in total. The molecule has 4 aromatic heterocycles. The molecule has 0 amide bonds. The lowest BCUT2D eigenvalue weighted by molar-refractivity contribution is 0.108. The van der Waals surface area contributed by atoms with Crippen molar-refractivity contribution in [3.8, 4) is 34.9 Å². The van der Waals surface area contributed by atoms with Gasteiger partial charge in [-0.25, -0.2) is 4.98 Å². The Morgan fingerprint density at radius 1 is 1.21 bits per heavy atom. The van der Waals surface area contributed by atoms with Crippen LogP contribution in [0.4, 0.5) is 5.00 Å². The Hall–Kier alpha value is -3.86. The maximum Gasteiger partial charge on any atom is 0.217 e. The van der Waals surface area contributed by atoms with E-state index in [1.165, 1.54) is 21.0 Å². The van der Waals surface area contributed by atoms with Gasteiger partial charge < -0.3 is 19.7 Å². The predicted molar refractivity (Wildman–Crippen MR) is 160 cm³/mol. The second-order valence-electron chi connectivity index (χ2n) is 11.9. The zero-order valence-electron chi connectivity index (χ0n) is 24.8. The topological polar surface area (TPSA) is 154 Å². The van der Waals surface area contributed by atoms with E-state index in [2.05, 4.69) is 40.3 Å². The molecule has 2 aliphatic carbocycles. The van der Waals surface area contributed by atoms with Crippen LogP contribution in [0.25, 0.3) is 22.9 Å². The lowest BCUT2D eigenvalue weighted by Crippen LogP contribution is -2.38. The first-order valence-corrected chi connectivity index (χ1v) is 15.6. The fraction of sp³-hybridized carbons (Fsp3) is 0.533. The highest BCUT2D eigenvalue weighted by molar-refractivity contribution is 7.16. The minimum atomic E-state index is -0.424. The number of hydrogen-bond acceptors (Lipinski definition) is 12. The molecule has 1 aliphatic heterocycles. The molecule has 224 valence electrons. The number of aryl methyl sites for hydroxylation is 2. The number of nitrogen functional groups attached to an aromatic ring is 1. The molecule has 0 radical (unpaired) electrons. The second-order valence-corrected chi connectivity index (χ2v) is 13.1. The summed E-state index contributed by atoms with van der Waals surface area (Å²) in [5.41, 5.74) is 10.3. The third-order valence-corrected chi connectivity index (χ3v) is 10.5. The van der Waals surface area contributed by atoms with Gasteiger partial charge in [-0.15, -0.1) is 11.3 Å². The molecular weight excluding hydrogens is 566 g/mol. The van der Waals surface area contributed by atoms with Crippen LogP contribution < -0.4 is 10.5 Å². The highest BCUT2D eigenvalue weighted by Gasteiger charge is 2.49. The number of nitrogens with zero attached hydrogens (tertiary/aromatic N) is 8. The van der Waals surface area contributed by atoms with E-state index in [9.17, 15) is 5.26 Å². The zero-order chi connectivity index (χ0) is 29.9. The van der Waals surface area contributed by atoms with Crippen LogP contribution in [0.2, 0.25) is 0 Å². The Kier molecular flexibility index (Phi) is 6.95. The first-order valence-electron chi connectivity index (χ1n) is 14.8. The van der Waals surface area contributed by atoms with Gasteiger partial charge in [0.05, 0.1) is 23.3 Å². The van der Waals surface area contributed by atoms with Crippen molar-refractivity contribution in [2.24, 2.45) is 7.05 Å².